The van der Waals surface area contributed by atoms with Gasteiger partial charge in [-0.05, 0) is 60.0 Å². The predicted octanol–water partition coefficient (Wildman–Crippen LogP) is 5.91. The van der Waals surface area contributed by atoms with Crippen molar-refractivity contribution >= 4 is 46.3 Å². The quantitative estimate of drug-likeness (QED) is 0.218. The predicted molar refractivity (Wildman–Crippen MR) is 120 cm³/mol. The molecule has 0 spiro atoms. The Bertz CT molecular complexity index is 1060. The highest BCUT2D eigenvalue weighted by Crippen LogP contribution is 2.35. The highest BCUT2D eigenvalue weighted by molar-refractivity contribution is 7.99. The Morgan fingerprint density at radius 2 is 1.77 bits per heavy atom. The normalized spacial score (nSPS) is 10.8. The van der Waals surface area contributed by atoms with Crippen molar-refractivity contribution in [3.8, 4) is 5.75 Å². The highest BCUT2D eigenvalue weighted by Gasteiger charge is 2.13. The van der Waals surface area contributed by atoms with E-state index in [1.807, 2.05) is 12.1 Å². The summed E-state index contributed by atoms with van der Waals surface area (Å²) in [5.41, 5.74) is 1.88. The van der Waals surface area contributed by atoms with E-state index in [0.717, 1.165) is 15.4 Å². The first-order valence-corrected chi connectivity index (χ1v) is 10.5. The molecular formula is C21H18Cl2N2O4S. The zero-order valence-electron chi connectivity index (χ0n) is 15.6. The van der Waals surface area contributed by atoms with Crippen LogP contribution in [0.4, 0.5) is 11.4 Å². The summed E-state index contributed by atoms with van der Waals surface area (Å²) >= 11 is 13.5. The molecule has 0 unspecified atom stereocenters. The van der Waals surface area contributed by atoms with Crippen LogP contribution in [0.15, 0.2) is 64.4 Å². The molecule has 6 nitrogen and oxygen atoms in total. The molecule has 156 valence electrons. The van der Waals surface area contributed by atoms with Crippen LogP contribution in [-0.2, 0) is 13.0 Å². The fourth-order valence-electron chi connectivity index (χ4n) is 2.81. The van der Waals surface area contributed by atoms with Crippen LogP contribution in [0.2, 0.25) is 10.0 Å². The molecule has 30 heavy (non-hydrogen) atoms. The SMILES string of the molecule is O=[N+]([O-])c1ccc(Sc2ccc(Cl)cc2)c(CNc2cc(Cl)c(O)c(CCO)c2)c1. The average Bonchev–Trinajstić information content (AvgIpc) is 2.72. The fourth-order valence-corrected chi connectivity index (χ4v) is 4.10. The van der Waals surface area contributed by atoms with E-state index in [0.29, 0.717) is 22.8 Å². The van der Waals surface area contributed by atoms with Crippen molar-refractivity contribution in [2.75, 3.05) is 11.9 Å². The standard InChI is InChI=1S/C21H18Cl2N2O4S/c22-15-1-4-18(5-2-15)30-20-6-3-17(25(28)29)10-14(20)12-24-16-9-13(7-8-26)21(27)19(23)11-16/h1-6,9-11,24,26-27H,7-8,12H2. The Morgan fingerprint density at radius 1 is 1.03 bits per heavy atom. The van der Waals surface area contributed by atoms with E-state index in [2.05, 4.69) is 5.32 Å². The molecule has 3 aromatic carbocycles. The molecule has 0 radical (unpaired) electrons. The topological polar surface area (TPSA) is 95.6 Å². The minimum absolute atomic E-state index is 0.00281. The first-order chi connectivity index (χ1) is 14.4. The van der Waals surface area contributed by atoms with E-state index >= 15 is 0 Å². The van der Waals surface area contributed by atoms with Gasteiger partial charge in [0.1, 0.15) is 5.75 Å². The van der Waals surface area contributed by atoms with Crippen molar-refractivity contribution in [1.29, 1.82) is 0 Å². The van der Waals surface area contributed by atoms with Crippen LogP contribution in [0, 0.1) is 10.1 Å². The lowest BCUT2D eigenvalue weighted by atomic mass is 10.1. The van der Waals surface area contributed by atoms with Gasteiger partial charge in [0, 0.05) is 45.8 Å². The summed E-state index contributed by atoms with van der Waals surface area (Å²) in [6.45, 7) is 0.178. The van der Waals surface area contributed by atoms with E-state index in [1.54, 1.807) is 30.3 Å². The van der Waals surface area contributed by atoms with Crippen molar-refractivity contribution in [3.05, 3.63) is 85.9 Å². The fraction of sp³-hybridized carbons (Fsp3) is 0.143. The largest absolute Gasteiger partial charge is 0.506 e. The third-order valence-electron chi connectivity index (χ3n) is 4.30. The van der Waals surface area contributed by atoms with Crippen LogP contribution in [-0.4, -0.2) is 21.7 Å². The van der Waals surface area contributed by atoms with Gasteiger partial charge < -0.3 is 15.5 Å². The molecule has 9 heteroatoms. The molecule has 0 aromatic heterocycles. The average molecular weight is 465 g/mol. The number of hydrogen-bond donors (Lipinski definition) is 3. The number of non-ortho nitro benzene ring substituents is 1. The number of nitro benzene ring substituents is 1. The molecule has 0 fully saturated rings. The van der Waals surface area contributed by atoms with E-state index in [1.165, 1.54) is 23.9 Å². The van der Waals surface area contributed by atoms with Gasteiger partial charge in [0.25, 0.3) is 5.69 Å². The van der Waals surface area contributed by atoms with Crippen molar-refractivity contribution in [1.82, 2.24) is 0 Å². The molecule has 0 amide bonds. The van der Waals surface area contributed by atoms with Gasteiger partial charge in [-0.15, -0.1) is 0 Å². The van der Waals surface area contributed by atoms with Crippen LogP contribution < -0.4 is 5.32 Å². The number of nitro groups is 1. The molecule has 3 N–H and O–H groups in total. The molecule has 0 aliphatic carbocycles. The van der Waals surface area contributed by atoms with E-state index in [-0.39, 0.29) is 29.5 Å². The Balaban J connectivity index is 1.87. The summed E-state index contributed by atoms with van der Waals surface area (Å²) in [6.07, 6.45) is 0.259. The van der Waals surface area contributed by atoms with Crippen LogP contribution >= 0.6 is 35.0 Å². The highest BCUT2D eigenvalue weighted by atomic mass is 35.5. The number of anilines is 1. The van der Waals surface area contributed by atoms with Gasteiger partial charge in [0.15, 0.2) is 0 Å². The molecule has 0 aliphatic rings. The number of rotatable bonds is 8. The number of nitrogens with one attached hydrogen (secondary N) is 1. The number of aliphatic hydroxyl groups is 1. The molecule has 0 aliphatic heterocycles. The Labute approximate surface area is 187 Å². The second kappa shape index (κ2) is 10.0. The van der Waals surface area contributed by atoms with Gasteiger partial charge in [0.05, 0.1) is 9.95 Å². The monoisotopic (exact) mass is 464 g/mol. The van der Waals surface area contributed by atoms with Crippen molar-refractivity contribution in [2.24, 2.45) is 0 Å². The summed E-state index contributed by atoms with van der Waals surface area (Å²) in [5.74, 6) is -0.0643. The molecule has 3 aromatic rings. The number of aromatic hydroxyl groups is 1. The van der Waals surface area contributed by atoms with Crippen LogP contribution in [0.1, 0.15) is 11.1 Å². The molecule has 0 bridgehead atoms. The summed E-state index contributed by atoms with van der Waals surface area (Å²) in [4.78, 5) is 12.6. The summed E-state index contributed by atoms with van der Waals surface area (Å²) in [7, 11) is 0. The smallest absolute Gasteiger partial charge is 0.269 e. The molecule has 0 atom stereocenters. The maximum Gasteiger partial charge on any atom is 0.269 e. The van der Waals surface area contributed by atoms with E-state index < -0.39 is 4.92 Å². The van der Waals surface area contributed by atoms with Gasteiger partial charge in [-0.1, -0.05) is 35.0 Å². The molecule has 3 rings (SSSR count). The lowest BCUT2D eigenvalue weighted by Gasteiger charge is -2.14. The summed E-state index contributed by atoms with van der Waals surface area (Å²) < 4.78 is 0. The number of hydrogen-bond acceptors (Lipinski definition) is 6. The minimum Gasteiger partial charge on any atom is -0.506 e. The Hall–Kier alpha value is -2.45. The van der Waals surface area contributed by atoms with E-state index in [9.17, 15) is 15.2 Å². The number of halogens is 2. The molecular weight excluding hydrogens is 447 g/mol. The Kier molecular flexibility index (Phi) is 7.44. The van der Waals surface area contributed by atoms with Gasteiger partial charge in [-0.2, -0.15) is 0 Å². The van der Waals surface area contributed by atoms with Gasteiger partial charge in [0.2, 0.25) is 0 Å². The van der Waals surface area contributed by atoms with Crippen LogP contribution in [0.3, 0.4) is 0 Å². The summed E-state index contributed by atoms with van der Waals surface area (Å²) in [6, 6.07) is 15.3. The second-order valence-electron chi connectivity index (χ2n) is 6.40. The third-order valence-corrected chi connectivity index (χ3v) is 5.97. The maximum atomic E-state index is 11.2. The van der Waals surface area contributed by atoms with Gasteiger partial charge >= 0.3 is 0 Å². The van der Waals surface area contributed by atoms with E-state index in [4.69, 9.17) is 28.3 Å². The van der Waals surface area contributed by atoms with Crippen molar-refractivity contribution in [2.45, 2.75) is 22.8 Å². The minimum atomic E-state index is -0.434. The summed E-state index contributed by atoms with van der Waals surface area (Å²) in [5, 5.41) is 34.4. The zero-order chi connectivity index (χ0) is 21.7. The van der Waals surface area contributed by atoms with Crippen molar-refractivity contribution in [3.63, 3.8) is 0 Å². The van der Waals surface area contributed by atoms with Gasteiger partial charge in [-0.25, -0.2) is 0 Å². The van der Waals surface area contributed by atoms with Crippen LogP contribution in [0.25, 0.3) is 0 Å². The Morgan fingerprint density at radius 3 is 2.43 bits per heavy atom. The van der Waals surface area contributed by atoms with Crippen molar-refractivity contribution < 1.29 is 15.1 Å². The number of benzene rings is 3. The maximum absolute atomic E-state index is 11.2. The number of aliphatic hydroxyl groups excluding tert-OH is 1. The van der Waals surface area contributed by atoms with Crippen LogP contribution in [0.5, 0.6) is 5.75 Å². The molecule has 0 heterocycles. The molecule has 0 saturated heterocycles. The second-order valence-corrected chi connectivity index (χ2v) is 8.36. The third kappa shape index (κ3) is 5.58. The number of phenols is 1. The first-order valence-electron chi connectivity index (χ1n) is 8.94. The number of nitrogens with zero attached hydrogens (tertiary/aromatic N) is 1. The lowest BCUT2D eigenvalue weighted by Crippen LogP contribution is -2.03. The van der Waals surface area contributed by atoms with Gasteiger partial charge in [-0.3, -0.25) is 10.1 Å². The first kappa shape index (κ1) is 22.2. The zero-order valence-corrected chi connectivity index (χ0v) is 18.0. The lowest BCUT2D eigenvalue weighted by molar-refractivity contribution is -0.385. The molecule has 0 saturated carbocycles. The number of phenolic OH excluding ortho intramolecular Hbond substituents is 1.